The quantitative estimate of drug-likeness (QED) is 0.0809. The first-order valence-corrected chi connectivity index (χ1v) is 16.2. The molecule has 0 saturated carbocycles. The fraction of sp³-hybridized carbons (Fsp3) is 0.963. The van der Waals surface area contributed by atoms with E-state index in [0.717, 1.165) is 19.3 Å². The lowest BCUT2D eigenvalue weighted by atomic mass is 10.00. The summed E-state index contributed by atoms with van der Waals surface area (Å²) in [4.78, 5) is 11.9. The Balaban J connectivity index is 1.97. The maximum Gasteiger partial charge on any atom is 0.305 e. The van der Waals surface area contributed by atoms with Gasteiger partial charge in [0, 0.05) is 12.8 Å². The summed E-state index contributed by atoms with van der Waals surface area (Å²) in [6.45, 7) is 2.37. The Labute approximate surface area is 229 Å². The normalized spacial score (nSPS) is 24.0. The van der Waals surface area contributed by atoms with Crippen molar-refractivity contribution in [1.29, 1.82) is 0 Å². The molecule has 5 atom stereocenters. The smallest absolute Gasteiger partial charge is 0.305 e. The van der Waals surface area contributed by atoms with E-state index in [1.165, 1.54) is 77.0 Å². The molecular weight excluding hydrogens is 516 g/mol. The van der Waals surface area contributed by atoms with Gasteiger partial charge < -0.3 is 29.5 Å². The summed E-state index contributed by atoms with van der Waals surface area (Å²) in [7, 11) is -4.47. The van der Waals surface area contributed by atoms with Crippen molar-refractivity contribution in [2.75, 3.05) is 19.0 Å². The van der Waals surface area contributed by atoms with Crippen LogP contribution in [0.25, 0.3) is 0 Å². The van der Waals surface area contributed by atoms with Crippen LogP contribution < -0.4 is 0 Å². The number of unbranched alkanes of at least 4 members (excludes halogenated alkanes) is 14. The molecule has 1 rings (SSSR count). The van der Waals surface area contributed by atoms with Gasteiger partial charge in [-0.3, -0.25) is 9.35 Å². The van der Waals surface area contributed by atoms with E-state index < -0.39 is 46.6 Å². The zero-order chi connectivity index (χ0) is 28.2. The molecule has 0 aliphatic carbocycles. The number of aliphatic hydroxyl groups is 3. The van der Waals surface area contributed by atoms with Crippen molar-refractivity contribution in [1.82, 2.24) is 0 Å². The number of carbonyl (C=O) groups is 1. The van der Waals surface area contributed by atoms with E-state index in [-0.39, 0.29) is 19.2 Å². The maximum atomic E-state index is 11.9. The molecule has 0 aromatic rings. The van der Waals surface area contributed by atoms with Gasteiger partial charge in [0.25, 0.3) is 10.1 Å². The highest BCUT2D eigenvalue weighted by Gasteiger charge is 2.45. The number of ether oxygens (including phenoxy) is 3. The molecule has 0 amide bonds. The molecule has 0 unspecified atom stereocenters. The van der Waals surface area contributed by atoms with E-state index in [1.54, 1.807) is 0 Å². The largest absolute Gasteiger partial charge is 0.466 e. The molecule has 1 heterocycles. The predicted octanol–water partition coefficient (Wildman–Crippen LogP) is 3.89. The third-order valence-corrected chi connectivity index (χ3v) is 7.61. The Morgan fingerprint density at radius 1 is 0.711 bits per heavy atom. The number of carbonyl (C=O) groups excluding carboxylic acids is 1. The van der Waals surface area contributed by atoms with E-state index in [4.69, 9.17) is 18.8 Å². The number of hydrogen-bond donors (Lipinski definition) is 4. The van der Waals surface area contributed by atoms with Crippen molar-refractivity contribution in [2.45, 2.75) is 147 Å². The van der Waals surface area contributed by atoms with Gasteiger partial charge in [-0.2, -0.15) is 8.42 Å². The Hall–Kier alpha value is -0.820. The molecule has 0 aromatic carbocycles. The monoisotopic (exact) mass is 568 g/mol. The number of aliphatic hydroxyl groups excluding tert-OH is 3. The van der Waals surface area contributed by atoms with Gasteiger partial charge in [-0.25, -0.2) is 0 Å². The van der Waals surface area contributed by atoms with Crippen LogP contribution in [0.15, 0.2) is 0 Å². The van der Waals surface area contributed by atoms with E-state index in [0.29, 0.717) is 12.8 Å². The molecule has 0 bridgehead atoms. The van der Waals surface area contributed by atoms with Gasteiger partial charge in [0.1, 0.15) is 30.2 Å². The van der Waals surface area contributed by atoms with Gasteiger partial charge in [-0.15, -0.1) is 0 Å². The van der Waals surface area contributed by atoms with Crippen molar-refractivity contribution in [3.63, 3.8) is 0 Å². The van der Waals surface area contributed by atoms with Crippen LogP contribution >= 0.6 is 0 Å². The molecule has 4 N–H and O–H groups in total. The Morgan fingerprint density at radius 3 is 1.71 bits per heavy atom. The number of rotatable bonds is 23. The fourth-order valence-electron chi connectivity index (χ4n) is 4.56. The van der Waals surface area contributed by atoms with Crippen molar-refractivity contribution in [3.05, 3.63) is 0 Å². The van der Waals surface area contributed by atoms with Gasteiger partial charge in [-0.1, -0.05) is 96.8 Å². The Kier molecular flexibility index (Phi) is 19.5. The van der Waals surface area contributed by atoms with Crippen LogP contribution in [0.5, 0.6) is 0 Å². The average molecular weight is 569 g/mol. The molecule has 1 aliphatic heterocycles. The summed E-state index contributed by atoms with van der Waals surface area (Å²) >= 11 is 0. The average Bonchev–Trinajstić information content (AvgIpc) is 2.86. The topological polar surface area (TPSA) is 160 Å². The van der Waals surface area contributed by atoms with E-state index >= 15 is 0 Å². The molecule has 10 nitrogen and oxygen atoms in total. The highest BCUT2D eigenvalue weighted by Crippen LogP contribution is 2.23. The molecule has 1 saturated heterocycles. The van der Waals surface area contributed by atoms with Crippen molar-refractivity contribution in [3.8, 4) is 0 Å². The van der Waals surface area contributed by atoms with Crippen LogP contribution in [0.1, 0.15) is 116 Å². The second-order valence-electron chi connectivity index (χ2n) is 10.4. The van der Waals surface area contributed by atoms with Crippen LogP contribution in [-0.4, -0.2) is 83.9 Å². The van der Waals surface area contributed by atoms with Crippen LogP contribution in [0.4, 0.5) is 0 Å². The van der Waals surface area contributed by atoms with Crippen molar-refractivity contribution in [2.24, 2.45) is 0 Å². The van der Waals surface area contributed by atoms with Gasteiger partial charge in [0.15, 0.2) is 6.29 Å². The van der Waals surface area contributed by atoms with E-state index in [1.807, 2.05) is 0 Å². The van der Waals surface area contributed by atoms with Gasteiger partial charge in [0.05, 0.1) is 13.2 Å². The highest BCUT2D eigenvalue weighted by molar-refractivity contribution is 7.85. The fourth-order valence-corrected chi connectivity index (χ4v) is 5.25. The molecule has 1 aliphatic rings. The molecular formula is C27H52O10S. The summed E-state index contributed by atoms with van der Waals surface area (Å²) < 4.78 is 46.8. The van der Waals surface area contributed by atoms with Gasteiger partial charge >= 0.3 is 5.97 Å². The summed E-state index contributed by atoms with van der Waals surface area (Å²) in [5.41, 5.74) is 0. The van der Waals surface area contributed by atoms with Crippen LogP contribution in [0.2, 0.25) is 0 Å². The lowest BCUT2D eigenvalue weighted by molar-refractivity contribution is -0.292. The lowest BCUT2D eigenvalue weighted by Gasteiger charge is -2.39. The number of esters is 1. The first kappa shape index (κ1) is 35.2. The second-order valence-corrected chi connectivity index (χ2v) is 11.9. The minimum absolute atomic E-state index is 0.00930. The molecule has 38 heavy (non-hydrogen) atoms. The lowest BCUT2D eigenvalue weighted by Crippen LogP contribution is -2.59. The standard InChI is InChI=1S/C27H52O10S/c1-2-3-4-5-6-7-8-9-10-11-12-13-14-15-16-18-23(28)35-19-17-20-36-27-26(31)25(30)24(29)22(37-27)21-38(32,33)34/h22,24-27,29-31H,2-21H2,1H3,(H,32,33,34)/t22-,24-,25+,26-,27+/m1/s1. The molecule has 226 valence electrons. The summed E-state index contributed by atoms with van der Waals surface area (Å²) in [5, 5.41) is 29.7. The minimum Gasteiger partial charge on any atom is -0.466 e. The molecule has 11 heteroatoms. The van der Waals surface area contributed by atoms with E-state index in [9.17, 15) is 28.5 Å². The first-order valence-electron chi connectivity index (χ1n) is 14.6. The Bertz CT molecular complexity index is 702. The molecule has 0 spiro atoms. The molecule has 0 radical (unpaired) electrons. The minimum atomic E-state index is -4.47. The third kappa shape index (κ3) is 17.0. The van der Waals surface area contributed by atoms with Crippen molar-refractivity contribution < 1.29 is 47.3 Å². The SMILES string of the molecule is CCCCCCCCCCCCCCCCCC(=O)OCCCO[C@H]1O[C@H](CS(=O)(=O)O)[C@@H](O)[C@H](O)[C@H]1O. The van der Waals surface area contributed by atoms with Gasteiger partial charge in [0.2, 0.25) is 0 Å². The zero-order valence-corrected chi connectivity index (χ0v) is 24.0. The summed E-state index contributed by atoms with van der Waals surface area (Å²) in [6, 6.07) is 0. The predicted molar refractivity (Wildman–Crippen MR) is 144 cm³/mol. The highest BCUT2D eigenvalue weighted by atomic mass is 32.2. The first-order chi connectivity index (χ1) is 18.2. The Morgan fingerprint density at radius 2 is 1.21 bits per heavy atom. The summed E-state index contributed by atoms with van der Waals surface area (Å²) in [5.74, 6) is -1.23. The molecule has 0 aromatic heterocycles. The number of hydrogen-bond acceptors (Lipinski definition) is 9. The maximum absolute atomic E-state index is 11.9. The van der Waals surface area contributed by atoms with Crippen LogP contribution in [0.3, 0.4) is 0 Å². The second kappa shape index (κ2) is 21.0. The third-order valence-electron chi connectivity index (χ3n) is 6.86. The van der Waals surface area contributed by atoms with Crippen LogP contribution in [0, 0.1) is 0 Å². The molecule has 1 fully saturated rings. The van der Waals surface area contributed by atoms with E-state index in [2.05, 4.69) is 6.92 Å². The van der Waals surface area contributed by atoms with Gasteiger partial charge in [-0.05, 0) is 6.42 Å². The van der Waals surface area contributed by atoms with Crippen LogP contribution in [-0.2, 0) is 29.1 Å². The zero-order valence-electron chi connectivity index (χ0n) is 23.2. The van der Waals surface area contributed by atoms with Crippen molar-refractivity contribution >= 4 is 16.1 Å². The summed E-state index contributed by atoms with van der Waals surface area (Å²) in [6.07, 6.45) is 11.7.